The van der Waals surface area contributed by atoms with Crippen LogP contribution in [0.4, 0.5) is 5.69 Å². The van der Waals surface area contributed by atoms with Gasteiger partial charge in [0.2, 0.25) is 5.91 Å². The van der Waals surface area contributed by atoms with Crippen molar-refractivity contribution in [2.24, 2.45) is 4.99 Å². The summed E-state index contributed by atoms with van der Waals surface area (Å²) >= 11 is 0. The van der Waals surface area contributed by atoms with Gasteiger partial charge >= 0.3 is 5.97 Å². The number of aliphatic imine (C=N–C) groups is 1. The molecule has 1 aromatic rings. The second-order valence-corrected chi connectivity index (χ2v) is 6.64. The van der Waals surface area contributed by atoms with E-state index in [4.69, 9.17) is 4.74 Å². The zero-order valence-corrected chi connectivity index (χ0v) is 15.5. The van der Waals surface area contributed by atoms with Gasteiger partial charge in [0.1, 0.15) is 6.10 Å². The van der Waals surface area contributed by atoms with Crippen molar-refractivity contribution in [2.45, 2.75) is 45.6 Å². The molecule has 1 heterocycles. The number of hydrogen-bond donors (Lipinski definition) is 1. The first kappa shape index (κ1) is 18.8. The number of carbonyl (C=O) groups excluding carboxylic acids is 3. The average Bonchev–Trinajstić information content (AvgIpc) is 2.95. The lowest BCUT2D eigenvalue weighted by atomic mass is 10.00. The monoisotopic (exact) mass is 366 g/mol. The van der Waals surface area contributed by atoms with E-state index >= 15 is 0 Å². The Morgan fingerprint density at radius 2 is 2.15 bits per heavy atom. The maximum Gasteiger partial charge on any atom is 0.339 e. The summed E-state index contributed by atoms with van der Waals surface area (Å²) in [4.78, 5) is 39.6. The number of rotatable bonds is 5. The van der Waals surface area contributed by atoms with Crippen molar-refractivity contribution in [1.82, 2.24) is 0 Å². The fourth-order valence-corrected chi connectivity index (χ4v) is 3.19. The Labute approximate surface area is 158 Å². The second-order valence-electron chi connectivity index (χ2n) is 6.64. The molecule has 0 saturated carbocycles. The Bertz CT molecular complexity index is 880. The van der Waals surface area contributed by atoms with Crippen LogP contribution in [-0.2, 0) is 14.3 Å². The summed E-state index contributed by atoms with van der Waals surface area (Å²) in [5, 5.41) is 2.80. The first-order chi connectivity index (χ1) is 13.0. The van der Waals surface area contributed by atoms with Gasteiger partial charge in [-0.3, -0.25) is 9.59 Å². The quantitative estimate of drug-likeness (QED) is 0.801. The third kappa shape index (κ3) is 4.39. The van der Waals surface area contributed by atoms with E-state index in [0.717, 1.165) is 24.8 Å². The van der Waals surface area contributed by atoms with Crippen LogP contribution < -0.4 is 5.32 Å². The molecule has 1 atom stereocenters. The maximum absolute atomic E-state index is 12.5. The lowest BCUT2D eigenvalue weighted by molar-refractivity contribution is -0.116. The molecule has 3 rings (SSSR count). The van der Waals surface area contributed by atoms with Crippen LogP contribution in [0.1, 0.15) is 61.6 Å². The van der Waals surface area contributed by atoms with E-state index < -0.39 is 0 Å². The Hall–Kier alpha value is -3.02. The highest BCUT2D eigenvalue weighted by atomic mass is 16.5. The highest BCUT2D eigenvalue weighted by Crippen LogP contribution is 2.35. The number of nitrogens with zero attached hydrogens (tertiary/aromatic N) is 1. The van der Waals surface area contributed by atoms with Gasteiger partial charge in [0, 0.05) is 35.9 Å². The van der Waals surface area contributed by atoms with Gasteiger partial charge in [-0.15, -0.1) is 0 Å². The Morgan fingerprint density at radius 1 is 1.33 bits per heavy atom. The van der Waals surface area contributed by atoms with Crippen molar-refractivity contribution in [3.63, 3.8) is 0 Å². The molecule has 0 bridgehead atoms. The molecule has 6 nitrogen and oxygen atoms in total. The summed E-state index contributed by atoms with van der Waals surface area (Å²) in [7, 11) is 0. The normalized spacial score (nSPS) is 19.5. The Balaban J connectivity index is 1.72. The number of esters is 1. The number of anilines is 1. The number of amides is 2. The van der Waals surface area contributed by atoms with E-state index in [1.165, 1.54) is 6.92 Å². The van der Waals surface area contributed by atoms with Gasteiger partial charge < -0.3 is 10.1 Å². The average molecular weight is 366 g/mol. The van der Waals surface area contributed by atoms with Crippen molar-refractivity contribution >= 4 is 29.2 Å². The lowest BCUT2D eigenvalue weighted by Gasteiger charge is -2.12. The Kier molecular flexibility index (Phi) is 5.64. The predicted molar refractivity (Wildman–Crippen MR) is 103 cm³/mol. The molecule has 1 N–H and O–H groups in total. The topological polar surface area (TPSA) is 84.8 Å². The minimum atomic E-state index is -0.349. The van der Waals surface area contributed by atoms with E-state index in [1.54, 1.807) is 30.4 Å². The predicted octanol–water partition coefficient (Wildman–Crippen LogP) is 3.90. The number of nitrogens with one attached hydrogen (secondary N) is 1. The summed E-state index contributed by atoms with van der Waals surface area (Å²) in [6.45, 7) is 3.47. The van der Waals surface area contributed by atoms with E-state index in [1.807, 2.05) is 6.07 Å². The van der Waals surface area contributed by atoms with Crippen LogP contribution in [0.3, 0.4) is 0 Å². The number of cyclic esters (lactones) is 1. The zero-order valence-electron chi connectivity index (χ0n) is 15.5. The van der Waals surface area contributed by atoms with Gasteiger partial charge in [-0.1, -0.05) is 31.6 Å². The molecule has 27 heavy (non-hydrogen) atoms. The molecule has 1 aliphatic heterocycles. The van der Waals surface area contributed by atoms with Gasteiger partial charge in [0.15, 0.2) is 0 Å². The maximum atomic E-state index is 12.5. The summed E-state index contributed by atoms with van der Waals surface area (Å²) in [5.41, 5.74) is 2.97. The van der Waals surface area contributed by atoms with E-state index in [-0.39, 0.29) is 30.3 Å². The van der Waals surface area contributed by atoms with Crippen LogP contribution in [0.2, 0.25) is 0 Å². The number of unbranched alkanes of at least 4 members (excludes halogenated alkanes) is 1. The van der Waals surface area contributed by atoms with Gasteiger partial charge in [-0.2, -0.15) is 0 Å². The van der Waals surface area contributed by atoms with Crippen LogP contribution in [0.15, 0.2) is 47.0 Å². The molecule has 1 aromatic carbocycles. The molecule has 0 saturated heterocycles. The highest BCUT2D eigenvalue weighted by Gasteiger charge is 2.30. The fraction of sp³-hybridized carbons (Fsp3) is 0.333. The molecule has 0 radical (unpaired) electrons. The molecule has 2 amide bonds. The molecule has 1 unspecified atom stereocenters. The van der Waals surface area contributed by atoms with Crippen LogP contribution in [0.25, 0.3) is 0 Å². The molecular formula is C21H22N2O4. The van der Waals surface area contributed by atoms with Gasteiger partial charge in [0.25, 0.3) is 5.91 Å². The number of carbonyl (C=O) groups is 3. The molecule has 1 aliphatic carbocycles. The van der Waals surface area contributed by atoms with Gasteiger partial charge in [-0.05, 0) is 31.1 Å². The third-order valence-electron chi connectivity index (χ3n) is 4.50. The lowest BCUT2D eigenvalue weighted by Crippen LogP contribution is -2.18. The Morgan fingerprint density at radius 3 is 2.89 bits per heavy atom. The number of allylic oxidation sites excluding steroid dienone is 3. The minimum Gasteiger partial charge on any atom is -0.454 e. The summed E-state index contributed by atoms with van der Waals surface area (Å²) in [6.07, 6.45) is 8.01. The largest absolute Gasteiger partial charge is 0.454 e. The van der Waals surface area contributed by atoms with E-state index in [2.05, 4.69) is 17.2 Å². The SMILES string of the molecule is CCCCC1OC(=O)c2cc(NC(=O)C3=CC=CC(=NC(C)=O)C3)ccc21. The molecule has 140 valence electrons. The summed E-state index contributed by atoms with van der Waals surface area (Å²) in [5.74, 6) is -0.937. The molecule has 2 aliphatic rings. The number of hydrogen-bond acceptors (Lipinski definition) is 4. The van der Waals surface area contributed by atoms with Crippen LogP contribution in [0.5, 0.6) is 0 Å². The van der Waals surface area contributed by atoms with Crippen LogP contribution in [-0.4, -0.2) is 23.5 Å². The molecule has 0 aromatic heterocycles. The van der Waals surface area contributed by atoms with Crippen molar-refractivity contribution in [2.75, 3.05) is 5.32 Å². The fourth-order valence-electron chi connectivity index (χ4n) is 3.19. The van der Waals surface area contributed by atoms with Crippen molar-refractivity contribution in [1.29, 1.82) is 0 Å². The summed E-state index contributed by atoms with van der Waals surface area (Å²) < 4.78 is 5.44. The first-order valence-corrected chi connectivity index (χ1v) is 9.09. The molecule has 6 heteroatoms. The second kappa shape index (κ2) is 8.12. The minimum absolute atomic E-state index is 0.200. The smallest absolute Gasteiger partial charge is 0.339 e. The van der Waals surface area contributed by atoms with Crippen molar-refractivity contribution < 1.29 is 19.1 Å². The zero-order chi connectivity index (χ0) is 19.4. The third-order valence-corrected chi connectivity index (χ3v) is 4.50. The van der Waals surface area contributed by atoms with Gasteiger partial charge in [-0.25, -0.2) is 9.79 Å². The van der Waals surface area contributed by atoms with Crippen molar-refractivity contribution in [3.8, 4) is 0 Å². The molecule has 0 spiro atoms. The van der Waals surface area contributed by atoms with Crippen LogP contribution >= 0.6 is 0 Å². The van der Waals surface area contributed by atoms with Gasteiger partial charge in [0.05, 0.1) is 5.56 Å². The standard InChI is InChI=1S/C21H22N2O4/c1-3-4-8-19-17-10-9-16(12-18(17)21(26)27-19)23-20(25)14-6-5-7-15(11-14)22-13(2)24/h5-7,9-10,12,19H,3-4,8,11H2,1-2H3,(H,23,25). The number of ether oxygens (including phenoxy) is 1. The van der Waals surface area contributed by atoms with E-state index in [0.29, 0.717) is 22.5 Å². The highest BCUT2D eigenvalue weighted by molar-refractivity contribution is 6.13. The summed E-state index contributed by atoms with van der Waals surface area (Å²) in [6, 6.07) is 5.28. The first-order valence-electron chi connectivity index (χ1n) is 9.09. The number of fused-ring (bicyclic) bond motifs is 1. The molecule has 0 fully saturated rings. The van der Waals surface area contributed by atoms with Crippen LogP contribution in [0, 0.1) is 0 Å². The van der Waals surface area contributed by atoms with E-state index in [9.17, 15) is 14.4 Å². The molecular weight excluding hydrogens is 344 g/mol. The van der Waals surface area contributed by atoms with Crippen molar-refractivity contribution in [3.05, 3.63) is 53.1 Å². The number of benzene rings is 1.